The van der Waals surface area contributed by atoms with Crippen molar-refractivity contribution in [1.29, 1.82) is 0 Å². The number of aliphatic carboxylic acids is 1. The van der Waals surface area contributed by atoms with Gasteiger partial charge in [0.25, 0.3) is 0 Å². The predicted octanol–water partition coefficient (Wildman–Crippen LogP) is -0.152. The molecule has 0 aliphatic carbocycles. The number of nitrogens with one attached hydrogen (secondary N) is 1. The topological polar surface area (TPSA) is 146 Å². The van der Waals surface area contributed by atoms with Gasteiger partial charge in [-0.15, -0.1) is 0 Å². The standard InChI is InChI=1S/C17H21NO8S/c1-8-2-4-9(5-3-8)27-17(15(22)23)6-11-12(18-16(24)25-11)14(26-17)13(21)10(20)7-19/h2-5,10-14,19-21H,6-7H2,1H3,(H,18,24)(H,22,23). The molecule has 6 atom stereocenters. The molecule has 6 unspecified atom stereocenters. The molecule has 2 aliphatic rings. The zero-order valence-electron chi connectivity index (χ0n) is 14.4. The highest BCUT2D eigenvalue weighted by atomic mass is 32.2. The fraction of sp³-hybridized carbons (Fsp3) is 0.529. The van der Waals surface area contributed by atoms with Gasteiger partial charge in [0, 0.05) is 11.3 Å². The fourth-order valence-corrected chi connectivity index (χ4v) is 4.34. The third kappa shape index (κ3) is 3.90. The van der Waals surface area contributed by atoms with Crippen LogP contribution in [0.5, 0.6) is 0 Å². The second-order valence-electron chi connectivity index (χ2n) is 6.61. The first kappa shape index (κ1) is 19.9. The Kier molecular flexibility index (Phi) is 5.63. The van der Waals surface area contributed by atoms with Crippen LogP contribution in [0.25, 0.3) is 0 Å². The summed E-state index contributed by atoms with van der Waals surface area (Å²) in [5.74, 6) is -1.30. The average molecular weight is 399 g/mol. The summed E-state index contributed by atoms with van der Waals surface area (Å²) in [6.07, 6.45) is -6.25. The molecule has 0 bridgehead atoms. The van der Waals surface area contributed by atoms with Crippen LogP contribution in [0.2, 0.25) is 0 Å². The molecule has 0 spiro atoms. The number of hydrogen-bond donors (Lipinski definition) is 5. The molecule has 2 saturated heterocycles. The Bertz CT molecular complexity index is 713. The number of hydrogen-bond acceptors (Lipinski definition) is 8. The van der Waals surface area contributed by atoms with Crippen LogP contribution < -0.4 is 5.32 Å². The number of amides is 1. The van der Waals surface area contributed by atoms with E-state index in [2.05, 4.69) is 5.32 Å². The molecule has 1 amide bonds. The lowest BCUT2D eigenvalue weighted by molar-refractivity contribution is -0.196. The van der Waals surface area contributed by atoms with E-state index in [1.54, 1.807) is 12.1 Å². The van der Waals surface area contributed by atoms with E-state index >= 15 is 0 Å². The van der Waals surface area contributed by atoms with E-state index in [-0.39, 0.29) is 6.42 Å². The summed E-state index contributed by atoms with van der Waals surface area (Å²) in [4.78, 5) is 22.6. The van der Waals surface area contributed by atoms with Crippen molar-refractivity contribution in [2.24, 2.45) is 0 Å². The van der Waals surface area contributed by atoms with E-state index in [0.717, 1.165) is 17.3 Å². The van der Waals surface area contributed by atoms with Crippen molar-refractivity contribution in [2.45, 2.75) is 53.6 Å². The van der Waals surface area contributed by atoms with Gasteiger partial charge >= 0.3 is 12.1 Å². The van der Waals surface area contributed by atoms with Gasteiger partial charge in [-0.2, -0.15) is 0 Å². The van der Waals surface area contributed by atoms with Gasteiger partial charge in [-0.3, -0.25) is 0 Å². The van der Waals surface area contributed by atoms with Crippen LogP contribution in [-0.2, 0) is 14.3 Å². The van der Waals surface area contributed by atoms with Gasteiger partial charge in [-0.25, -0.2) is 9.59 Å². The number of alkyl carbamates (subject to hydrolysis) is 1. The van der Waals surface area contributed by atoms with E-state index in [0.29, 0.717) is 4.90 Å². The molecule has 9 nitrogen and oxygen atoms in total. The van der Waals surface area contributed by atoms with Crippen molar-refractivity contribution in [3.63, 3.8) is 0 Å². The maximum absolute atomic E-state index is 12.1. The summed E-state index contributed by atoms with van der Waals surface area (Å²) in [7, 11) is 0. The van der Waals surface area contributed by atoms with E-state index in [1.165, 1.54) is 0 Å². The monoisotopic (exact) mass is 399 g/mol. The zero-order valence-corrected chi connectivity index (χ0v) is 15.3. The third-order valence-electron chi connectivity index (χ3n) is 4.64. The number of aliphatic hydroxyl groups is 3. The lowest BCUT2D eigenvalue weighted by Gasteiger charge is -2.44. The fourth-order valence-electron chi connectivity index (χ4n) is 3.20. The van der Waals surface area contributed by atoms with Gasteiger partial charge in [0.1, 0.15) is 24.4 Å². The molecule has 10 heteroatoms. The van der Waals surface area contributed by atoms with Crippen molar-refractivity contribution in [2.75, 3.05) is 6.61 Å². The summed E-state index contributed by atoms with van der Waals surface area (Å²) >= 11 is 0.923. The number of fused-ring (bicyclic) bond motifs is 1. The van der Waals surface area contributed by atoms with Gasteiger partial charge in [-0.1, -0.05) is 29.5 Å². The molecule has 1 aromatic rings. The number of carbonyl (C=O) groups excluding carboxylic acids is 1. The molecule has 5 N–H and O–H groups in total. The van der Waals surface area contributed by atoms with Crippen molar-refractivity contribution >= 4 is 23.8 Å². The Morgan fingerprint density at radius 1 is 1.37 bits per heavy atom. The first-order chi connectivity index (χ1) is 12.8. The van der Waals surface area contributed by atoms with Crippen LogP contribution in [0, 0.1) is 6.92 Å². The predicted molar refractivity (Wildman–Crippen MR) is 93.2 cm³/mol. The normalized spacial score (nSPS) is 32.1. The van der Waals surface area contributed by atoms with Gasteiger partial charge in [0.05, 0.1) is 12.6 Å². The smallest absolute Gasteiger partial charge is 0.407 e. The van der Waals surface area contributed by atoms with Crippen LogP contribution in [0.3, 0.4) is 0 Å². The van der Waals surface area contributed by atoms with Gasteiger partial charge in [0.2, 0.25) is 4.93 Å². The van der Waals surface area contributed by atoms with Crippen molar-refractivity contribution in [1.82, 2.24) is 5.32 Å². The van der Waals surface area contributed by atoms with Crippen LogP contribution in [-0.4, -0.2) is 74.5 Å². The highest BCUT2D eigenvalue weighted by molar-refractivity contribution is 8.01. The molecule has 1 aromatic carbocycles. The Hall–Kier alpha value is -1.85. The second kappa shape index (κ2) is 7.64. The molecule has 27 heavy (non-hydrogen) atoms. The second-order valence-corrected chi connectivity index (χ2v) is 7.95. The molecule has 3 rings (SSSR count). The Morgan fingerprint density at radius 3 is 2.63 bits per heavy atom. The van der Waals surface area contributed by atoms with E-state index in [1.807, 2.05) is 19.1 Å². The first-order valence-corrected chi connectivity index (χ1v) is 9.18. The van der Waals surface area contributed by atoms with Crippen LogP contribution in [0.15, 0.2) is 29.2 Å². The van der Waals surface area contributed by atoms with Gasteiger partial charge in [0.15, 0.2) is 0 Å². The zero-order chi connectivity index (χ0) is 19.8. The summed E-state index contributed by atoms with van der Waals surface area (Å²) in [5, 5.41) is 41.6. The van der Waals surface area contributed by atoms with Crippen molar-refractivity contribution in [3.8, 4) is 0 Å². The van der Waals surface area contributed by atoms with Crippen LogP contribution in [0.4, 0.5) is 4.79 Å². The van der Waals surface area contributed by atoms with Gasteiger partial charge in [-0.05, 0) is 19.1 Å². The average Bonchev–Trinajstić information content (AvgIpc) is 3.01. The molecular formula is C17H21NO8S. The first-order valence-electron chi connectivity index (χ1n) is 8.37. The molecule has 0 saturated carbocycles. The highest BCUT2D eigenvalue weighted by Crippen LogP contribution is 2.45. The number of carbonyl (C=O) groups is 2. The lowest BCUT2D eigenvalue weighted by Crippen LogP contribution is -2.63. The Labute approximate surface area is 159 Å². The number of thioether (sulfide) groups is 1. The molecular weight excluding hydrogens is 378 g/mol. The van der Waals surface area contributed by atoms with Crippen molar-refractivity contribution < 1.29 is 39.5 Å². The largest absolute Gasteiger partial charge is 0.478 e. The summed E-state index contributed by atoms with van der Waals surface area (Å²) in [6.45, 7) is 1.15. The van der Waals surface area contributed by atoms with Crippen LogP contribution in [0.1, 0.15) is 12.0 Å². The third-order valence-corrected chi connectivity index (χ3v) is 5.92. The highest BCUT2D eigenvalue weighted by Gasteiger charge is 2.59. The number of aliphatic hydroxyl groups excluding tert-OH is 3. The quantitative estimate of drug-likeness (QED) is 0.441. The summed E-state index contributed by atoms with van der Waals surface area (Å²) in [6, 6.07) is 6.28. The molecule has 0 radical (unpaired) electrons. The van der Waals surface area contributed by atoms with E-state index < -0.39 is 54.1 Å². The van der Waals surface area contributed by atoms with E-state index in [9.17, 15) is 24.9 Å². The summed E-state index contributed by atoms with van der Waals surface area (Å²) in [5.41, 5.74) is 1.00. The Morgan fingerprint density at radius 2 is 2.04 bits per heavy atom. The molecule has 148 valence electrons. The maximum atomic E-state index is 12.1. The number of carboxylic acids is 1. The Balaban J connectivity index is 1.94. The molecule has 2 aliphatic heterocycles. The number of aryl methyl sites for hydroxylation is 1. The number of benzene rings is 1. The molecule has 2 heterocycles. The van der Waals surface area contributed by atoms with Crippen LogP contribution >= 0.6 is 11.8 Å². The van der Waals surface area contributed by atoms with Crippen molar-refractivity contribution in [3.05, 3.63) is 29.8 Å². The number of rotatable bonds is 6. The minimum absolute atomic E-state index is 0.150. The summed E-state index contributed by atoms with van der Waals surface area (Å²) < 4.78 is 10.9. The molecule has 0 aromatic heterocycles. The maximum Gasteiger partial charge on any atom is 0.407 e. The minimum Gasteiger partial charge on any atom is -0.478 e. The molecule has 2 fully saturated rings. The lowest BCUT2D eigenvalue weighted by atomic mass is 9.90. The number of ether oxygens (including phenoxy) is 2. The van der Waals surface area contributed by atoms with Gasteiger partial charge < -0.3 is 35.2 Å². The SMILES string of the molecule is Cc1ccc(SC2(C(=O)O)CC3OC(=O)NC3C(C(O)C(O)CO)O2)cc1. The number of carboxylic acid groups (broad SMARTS) is 1. The minimum atomic E-state index is -1.84. The van der Waals surface area contributed by atoms with E-state index in [4.69, 9.17) is 14.6 Å².